The normalized spacial score (nSPS) is 25.7. The van der Waals surface area contributed by atoms with Crippen LogP contribution >= 0.6 is 0 Å². The maximum absolute atomic E-state index is 10.3. The van der Waals surface area contributed by atoms with Gasteiger partial charge in [-0.3, -0.25) is 0 Å². The molecule has 0 aromatic carbocycles. The number of aliphatic hydroxyl groups is 1. The molecule has 1 aliphatic rings. The Bertz CT molecular complexity index is 160. The second-order valence-electron chi connectivity index (χ2n) is 5.05. The van der Waals surface area contributed by atoms with E-state index in [1.165, 1.54) is 32.1 Å². The van der Waals surface area contributed by atoms with Crippen LogP contribution in [0.3, 0.4) is 0 Å². The lowest BCUT2D eigenvalue weighted by atomic mass is 9.71. The summed E-state index contributed by atoms with van der Waals surface area (Å²) in [5, 5.41) is 10.3. The Morgan fingerprint density at radius 2 is 1.93 bits per heavy atom. The third kappa shape index (κ3) is 2.48. The third-order valence-corrected chi connectivity index (χ3v) is 4.08. The van der Waals surface area contributed by atoms with Crippen LogP contribution in [0.1, 0.15) is 52.4 Å². The van der Waals surface area contributed by atoms with Crippen molar-refractivity contribution in [1.29, 1.82) is 0 Å². The van der Waals surface area contributed by atoms with Gasteiger partial charge in [-0.2, -0.15) is 0 Å². The summed E-state index contributed by atoms with van der Waals surface area (Å²) in [4.78, 5) is 0. The first-order chi connectivity index (χ1) is 6.64. The van der Waals surface area contributed by atoms with Crippen LogP contribution in [-0.4, -0.2) is 17.8 Å². The molecule has 0 amide bonds. The molecule has 1 aliphatic carbocycles. The van der Waals surface area contributed by atoms with Crippen LogP contribution in [0, 0.1) is 11.3 Å². The minimum Gasteiger partial charge on any atom is -0.392 e. The Balaban J connectivity index is 2.56. The molecule has 84 valence electrons. The Morgan fingerprint density at radius 1 is 1.36 bits per heavy atom. The molecule has 1 saturated carbocycles. The predicted molar refractivity (Wildman–Crippen MR) is 60.0 cm³/mol. The van der Waals surface area contributed by atoms with E-state index in [2.05, 4.69) is 13.8 Å². The molecule has 0 spiro atoms. The van der Waals surface area contributed by atoms with E-state index in [1.54, 1.807) is 0 Å². The monoisotopic (exact) mass is 199 g/mol. The van der Waals surface area contributed by atoms with Crippen molar-refractivity contribution in [2.24, 2.45) is 17.1 Å². The largest absolute Gasteiger partial charge is 0.392 e. The van der Waals surface area contributed by atoms with Crippen LogP contribution in [0.5, 0.6) is 0 Å². The molecule has 0 saturated heterocycles. The van der Waals surface area contributed by atoms with Gasteiger partial charge in [0.05, 0.1) is 6.10 Å². The van der Waals surface area contributed by atoms with Gasteiger partial charge in [-0.1, -0.05) is 33.1 Å². The number of hydrogen-bond donors (Lipinski definition) is 2. The second-order valence-corrected chi connectivity index (χ2v) is 5.05. The first-order valence-corrected chi connectivity index (χ1v) is 6.02. The Kier molecular flexibility index (Phi) is 4.39. The molecule has 1 fully saturated rings. The number of aliphatic hydroxyl groups excluding tert-OH is 1. The lowest BCUT2D eigenvalue weighted by Gasteiger charge is -2.39. The van der Waals surface area contributed by atoms with Crippen molar-refractivity contribution in [3.63, 3.8) is 0 Å². The van der Waals surface area contributed by atoms with Gasteiger partial charge in [0.2, 0.25) is 0 Å². The van der Waals surface area contributed by atoms with Crippen molar-refractivity contribution >= 4 is 0 Å². The molecule has 2 heteroatoms. The molecule has 2 nitrogen and oxygen atoms in total. The van der Waals surface area contributed by atoms with Crippen molar-refractivity contribution < 1.29 is 5.11 Å². The molecule has 0 bridgehead atoms. The Labute approximate surface area is 87.9 Å². The van der Waals surface area contributed by atoms with Gasteiger partial charge < -0.3 is 10.8 Å². The third-order valence-electron chi connectivity index (χ3n) is 4.08. The van der Waals surface area contributed by atoms with E-state index in [1.807, 2.05) is 0 Å². The summed E-state index contributed by atoms with van der Waals surface area (Å²) in [5.74, 6) is 0.497. The SMILES string of the molecule is CCC(C)(CN)C(O)C1CCCCC1. The zero-order valence-corrected chi connectivity index (χ0v) is 9.63. The van der Waals surface area contributed by atoms with E-state index in [9.17, 15) is 5.11 Å². The smallest absolute Gasteiger partial charge is 0.0633 e. The summed E-state index contributed by atoms with van der Waals surface area (Å²) in [7, 11) is 0. The van der Waals surface area contributed by atoms with Crippen LogP contribution in [-0.2, 0) is 0 Å². The van der Waals surface area contributed by atoms with Gasteiger partial charge in [-0.25, -0.2) is 0 Å². The first kappa shape index (κ1) is 12.0. The fourth-order valence-corrected chi connectivity index (χ4v) is 2.49. The van der Waals surface area contributed by atoms with E-state index in [0.717, 1.165) is 6.42 Å². The van der Waals surface area contributed by atoms with Gasteiger partial charge in [0.1, 0.15) is 0 Å². The molecule has 1 rings (SSSR count). The van der Waals surface area contributed by atoms with Crippen molar-refractivity contribution in [3.05, 3.63) is 0 Å². The fraction of sp³-hybridized carbons (Fsp3) is 1.00. The summed E-state index contributed by atoms with van der Waals surface area (Å²) >= 11 is 0. The molecule has 3 N–H and O–H groups in total. The average molecular weight is 199 g/mol. The van der Waals surface area contributed by atoms with E-state index in [4.69, 9.17) is 5.73 Å². The molecule has 0 radical (unpaired) electrons. The Morgan fingerprint density at radius 3 is 2.36 bits per heavy atom. The molecular weight excluding hydrogens is 174 g/mol. The summed E-state index contributed by atoms with van der Waals surface area (Å²) in [6.45, 7) is 4.84. The summed E-state index contributed by atoms with van der Waals surface area (Å²) < 4.78 is 0. The van der Waals surface area contributed by atoms with E-state index >= 15 is 0 Å². The zero-order chi connectivity index (χ0) is 10.6. The molecule has 0 aromatic heterocycles. The highest BCUT2D eigenvalue weighted by atomic mass is 16.3. The quantitative estimate of drug-likeness (QED) is 0.730. The highest BCUT2D eigenvalue weighted by molar-refractivity contribution is 4.87. The Hall–Kier alpha value is -0.0800. The fourth-order valence-electron chi connectivity index (χ4n) is 2.49. The van der Waals surface area contributed by atoms with Crippen LogP contribution in [0.15, 0.2) is 0 Å². The number of rotatable bonds is 4. The highest BCUT2D eigenvalue weighted by Crippen LogP contribution is 2.36. The van der Waals surface area contributed by atoms with Crippen LogP contribution in [0.2, 0.25) is 0 Å². The molecule has 0 heterocycles. The lowest BCUT2D eigenvalue weighted by Crippen LogP contribution is -2.43. The minimum atomic E-state index is -0.196. The molecule has 0 aliphatic heterocycles. The summed E-state index contributed by atoms with van der Waals surface area (Å²) in [6.07, 6.45) is 7.07. The zero-order valence-electron chi connectivity index (χ0n) is 9.63. The van der Waals surface area contributed by atoms with E-state index in [0.29, 0.717) is 12.5 Å². The van der Waals surface area contributed by atoms with Gasteiger partial charge in [0.15, 0.2) is 0 Å². The predicted octanol–water partition coefficient (Wildman–Crippen LogP) is 2.30. The first-order valence-electron chi connectivity index (χ1n) is 6.02. The van der Waals surface area contributed by atoms with Gasteiger partial charge >= 0.3 is 0 Å². The maximum atomic E-state index is 10.3. The van der Waals surface area contributed by atoms with Crippen molar-refractivity contribution in [3.8, 4) is 0 Å². The molecule has 2 atom stereocenters. The van der Waals surface area contributed by atoms with Crippen LogP contribution in [0.25, 0.3) is 0 Å². The van der Waals surface area contributed by atoms with Crippen molar-refractivity contribution in [2.75, 3.05) is 6.54 Å². The van der Waals surface area contributed by atoms with E-state index in [-0.39, 0.29) is 11.5 Å². The number of hydrogen-bond acceptors (Lipinski definition) is 2. The second kappa shape index (κ2) is 5.13. The highest BCUT2D eigenvalue weighted by Gasteiger charge is 2.35. The summed E-state index contributed by atoms with van der Waals surface area (Å²) in [5.41, 5.74) is 5.70. The molecular formula is C12H25NO. The average Bonchev–Trinajstić information content (AvgIpc) is 2.28. The van der Waals surface area contributed by atoms with Crippen molar-refractivity contribution in [1.82, 2.24) is 0 Å². The van der Waals surface area contributed by atoms with Crippen LogP contribution < -0.4 is 5.73 Å². The number of nitrogens with two attached hydrogens (primary N) is 1. The summed E-state index contributed by atoms with van der Waals surface area (Å²) in [6, 6.07) is 0. The standard InChI is InChI=1S/C12H25NO/c1-3-12(2,9-13)11(14)10-7-5-4-6-8-10/h10-11,14H,3-9,13H2,1-2H3. The van der Waals surface area contributed by atoms with Crippen molar-refractivity contribution in [2.45, 2.75) is 58.5 Å². The van der Waals surface area contributed by atoms with E-state index < -0.39 is 0 Å². The van der Waals surface area contributed by atoms with Gasteiger partial charge in [-0.15, -0.1) is 0 Å². The van der Waals surface area contributed by atoms with Gasteiger partial charge in [0.25, 0.3) is 0 Å². The maximum Gasteiger partial charge on any atom is 0.0633 e. The van der Waals surface area contributed by atoms with Crippen LogP contribution in [0.4, 0.5) is 0 Å². The lowest BCUT2D eigenvalue weighted by molar-refractivity contribution is -0.0188. The molecule has 14 heavy (non-hydrogen) atoms. The van der Waals surface area contributed by atoms with Gasteiger partial charge in [0, 0.05) is 12.0 Å². The molecule has 2 unspecified atom stereocenters. The molecule has 0 aromatic rings. The van der Waals surface area contributed by atoms with Gasteiger partial charge in [-0.05, 0) is 25.2 Å². The minimum absolute atomic E-state index is 0.0675. The topological polar surface area (TPSA) is 46.2 Å².